The molecular formula is C14H28N2O2. The third kappa shape index (κ3) is 4.94. The average Bonchev–Trinajstić information content (AvgIpc) is 2.25. The van der Waals surface area contributed by atoms with E-state index in [-0.39, 0.29) is 0 Å². The molecule has 1 aliphatic rings. The first-order valence-corrected chi connectivity index (χ1v) is 7.00. The first-order chi connectivity index (χ1) is 8.40. The van der Waals surface area contributed by atoms with E-state index in [1.807, 2.05) is 0 Å². The molecule has 1 N–H and O–H groups in total. The number of carbonyl (C=O) groups is 1. The van der Waals surface area contributed by atoms with Crippen LogP contribution in [0.2, 0.25) is 0 Å². The van der Waals surface area contributed by atoms with Crippen LogP contribution in [0.3, 0.4) is 0 Å². The van der Waals surface area contributed by atoms with Gasteiger partial charge in [-0.1, -0.05) is 13.8 Å². The van der Waals surface area contributed by atoms with Crippen LogP contribution in [0.25, 0.3) is 0 Å². The lowest BCUT2D eigenvalue weighted by molar-refractivity contribution is -0.137. The molecule has 106 valence electrons. The lowest BCUT2D eigenvalue weighted by Gasteiger charge is -2.42. The molecule has 0 saturated carbocycles. The summed E-state index contributed by atoms with van der Waals surface area (Å²) in [6.45, 7) is 7.80. The van der Waals surface area contributed by atoms with E-state index in [9.17, 15) is 4.79 Å². The van der Waals surface area contributed by atoms with E-state index < -0.39 is 5.97 Å². The maximum absolute atomic E-state index is 10.8. The van der Waals surface area contributed by atoms with E-state index in [0.717, 1.165) is 32.5 Å². The molecule has 1 aliphatic heterocycles. The fourth-order valence-electron chi connectivity index (χ4n) is 3.05. The van der Waals surface area contributed by atoms with Gasteiger partial charge in [-0.15, -0.1) is 0 Å². The molecule has 0 aromatic rings. The molecule has 0 spiro atoms. The van der Waals surface area contributed by atoms with Gasteiger partial charge in [0.1, 0.15) is 0 Å². The summed E-state index contributed by atoms with van der Waals surface area (Å²) >= 11 is 0. The SMILES string of the molecule is CC(C)CN1CC[C@@H](N(C)C)[C@@H](CCC(=O)O)C1. The zero-order valence-electron chi connectivity index (χ0n) is 12.2. The number of rotatable bonds is 6. The maximum Gasteiger partial charge on any atom is 0.303 e. The molecule has 0 aromatic heterocycles. The number of carboxylic acids is 1. The molecule has 4 nitrogen and oxygen atoms in total. The van der Waals surface area contributed by atoms with Crippen LogP contribution in [0, 0.1) is 11.8 Å². The lowest BCUT2D eigenvalue weighted by atomic mass is 9.87. The van der Waals surface area contributed by atoms with E-state index in [2.05, 4.69) is 37.7 Å². The molecule has 0 radical (unpaired) electrons. The van der Waals surface area contributed by atoms with Crippen molar-refractivity contribution in [2.45, 2.75) is 39.2 Å². The fraction of sp³-hybridized carbons (Fsp3) is 0.929. The lowest BCUT2D eigenvalue weighted by Crippen LogP contribution is -2.49. The Hall–Kier alpha value is -0.610. The van der Waals surface area contributed by atoms with Crippen molar-refractivity contribution in [2.75, 3.05) is 33.7 Å². The van der Waals surface area contributed by atoms with Crippen molar-refractivity contribution in [3.63, 3.8) is 0 Å². The third-order valence-electron chi connectivity index (χ3n) is 3.79. The Labute approximate surface area is 111 Å². The van der Waals surface area contributed by atoms with Crippen molar-refractivity contribution in [3.8, 4) is 0 Å². The minimum absolute atomic E-state index is 0.296. The van der Waals surface area contributed by atoms with Crippen molar-refractivity contribution in [1.29, 1.82) is 0 Å². The van der Waals surface area contributed by atoms with E-state index in [1.54, 1.807) is 0 Å². The summed E-state index contributed by atoms with van der Waals surface area (Å²) < 4.78 is 0. The quantitative estimate of drug-likeness (QED) is 0.786. The van der Waals surface area contributed by atoms with Crippen LogP contribution in [-0.2, 0) is 4.79 Å². The summed E-state index contributed by atoms with van der Waals surface area (Å²) in [4.78, 5) is 15.5. The molecule has 0 aliphatic carbocycles. The van der Waals surface area contributed by atoms with E-state index >= 15 is 0 Å². The van der Waals surface area contributed by atoms with E-state index in [1.165, 1.54) is 0 Å². The second kappa shape index (κ2) is 7.10. The van der Waals surface area contributed by atoms with Crippen LogP contribution in [0.4, 0.5) is 0 Å². The Kier molecular flexibility index (Phi) is 6.09. The first kappa shape index (κ1) is 15.4. The Morgan fingerprint density at radius 1 is 1.44 bits per heavy atom. The standard InChI is InChI=1S/C14H28N2O2/c1-11(2)9-16-8-7-13(15(3)4)12(10-16)5-6-14(17)18/h11-13H,5-10H2,1-4H3,(H,17,18)/t12-,13+/m0/s1. The number of piperidine rings is 1. The number of hydrogen-bond donors (Lipinski definition) is 1. The largest absolute Gasteiger partial charge is 0.481 e. The highest BCUT2D eigenvalue weighted by atomic mass is 16.4. The molecule has 4 heteroatoms. The van der Waals surface area contributed by atoms with Crippen molar-refractivity contribution in [2.24, 2.45) is 11.8 Å². The Morgan fingerprint density at radius 3 is 2.61 bits per heavy atom. The molecule has 18 heavy (non-hydrogen) atoms. The van der Waals surface area contributed by atoms with Gasteiger partial charge in [0.25, 0.3) is 0 Å². The van der Waals surface area contributed by atoms with Gasteiger partial charge >= 0.3 is 5.97 Å². The zero-order valence-corrected chi connectivity index (χ0v) is 12.2. The summed E-state index contributed by atoms with van der Waals surface area (Å²) in [5.74, 6) is 0.498. The van der Waals surface area contributed by atoms with Gasteiger partial charge in [-0.3, -0.25) is 4.79 Å². The normalized spacial score (nSPS) is 25.9. The number of likely N-dealkylation sites (tertiary alicyclic amines) is 1. The van der Waals surface area contributed by atoms with Gasteiger partial charge in [0.15, 0.2) is 0 Å². The van der Waals surface area contributed by atoms with Crippen LogP contribution < -0.4 is 0 Å². The fourth-order valence-corrected chi connectivity index (χ4v) is 3.05. The molecular weight excluding hydrogens is 228 g/mol. The highest BCUT2D eigenvalue weighted by Gasteiger charge is 2.30. The Bertz CT molecular complexity index is 267. The Balaban J connectivity index is 2.55. The second-order valence-electron chi connectivity index (χ2n) is 6.17. The van der Waals surface area contributed by atoms with Crippen LogP contribution in [0.5, 0.6) is 0 Å². The summed E-state index contributed by atoms with van der Waals surface area (Å²) in [5.41, 5.74) is 0. The van der Waals surface area contributed by atoms with E-state index in [4.69, 9.17) is 5.11 Å². The second-order valence-corrected chi connectivity index (χ2v) is 6.17. The summed E-state index contributed by atoms with van der Waals surface area (Å²) in [6, 6.07) is 0.535. The molecule has 2 atom stereocenters. The average molecular weight is 256 g/mol. The minimum atomic E-state index is -0.673. The third-order valence-corrected chi connectivity index (χ3v) is 3.79. The minimum Gasteiger partial charge on any atom is -0.481 e. The van der Waals surface area contributed by atoms with Crippen LogP contribution >= 0.6 is 0 Å². The van der Waals surface area contributed by atoms with Crippen LogP contribution in [-0.4, -0.2) is 60.6 Å². The molecule has 1 rings (SSSR count). The molecule has 1 heterocycles. The molecule has 0 amide bonds. The predicted molar refractivity (Wildman–Crippen MR) is 73.7 cm³/mol. The predicted octanol–water partition coefficient (Wildman–Crippen LogP) is 1.76. The van der Waals surface area contributed by atoms with Gasteiger partial charge < -0.3 is 14.9 Å². The number of nitrogens with zero attached hydrogens (tertiary/aromatic N) is 2. The van der Waals surface area contributed by atoms with E-state index in [0.29, 0.717) is 24.3 Å². The number of aliphatic carboxylic acids is 1. The monoisotopic (exact) mass is 256 g/mol. The van der Waals surface area contributed by atoms with Gasteiger partial charge in [0.05, 0.1) is 0 Å². The summed E-state index contributed by atoms with van der Waals surface area (Å²) in [6.07, 6.45) is 2.25. The topological polar surface area (TPSA) is 43.8 Å². The maximum atomic E-state index is 10.8. The first-order valence-electron chi connectivity index (χ1n) is 7.00. The van der Waals surface area contributed by atoms with Crippen molar-refractivity contribution in [3.05, 3.63) is 0 Å². The summed E-state index contributed by atoms with van der Waals surface area (Å²) in [5, 5.41) is 8.85. The molecule has 0 bridgehead atoms. The van der Waals surface area contributed by atoms with Gasteiger partial charge in [-0.25, -0.2) is 0 Å². The van der Waals surface area contributed by atoms with Gasteiger partial charge in [0, 0.05) is 25.6 Å². The van der Waals surface area contributed by atoms with Gasteiger partial charge in [-0.2, -0.15) is 0 Å². The molecule has 0 aromatic carbocycles. The highest BCUT2D eigenvalue weighted by molar-refractivity contribution is 5.66. The van der Waals surface area contributed by atoms with Gasteiger partial charge in [0.2, 0.25) is 0 Å². The molecule has 0 unspecified atom stereocenters. The molecule has 1 saturated heterocycles. The Morgan fingerprint density at radius 2 is 2.11 bits per heavy atom. The van der Waals surface area contributed by atoms with Crippen LogP contribution in [0.1, 0.15) is 33.1 Å². The highest BCUT2D eigenvalue weighted by Crippen LogP contribution is 2.25. The van der Waals surface area contributed by atoms with Crippen LogP contribution in [0.15, 0.2) is 0 Å². The number of carboxylic acid groups (broad SMARTS) is 1. The smallest absolute Gasteiger partial charge is 0.303 e. The summed E-state index contributed by atoms with van der Waals surface area (Å²) in [7, 11) is 4.22. The van der Waals surface area contributed by atoms with Crippen molar-refractivity contribution < 1.29 is 9.90 Å². The van der Waals surface area contributed by atoms with Gasteiger partial charge in [-0.05, 0) is 45.3 Å². The molecule has 1 fully saturated rings. The zero-order chi connectivity index (χ0) is 13.7. The number of hydrogen-bond acceptors (Lipinski definition) is 3. The van der Waals surface area contributed by atoms with Crippen molar-refractivity contribution in [1.82, 2.24) is 9.80 Å². The van der Waals surface area contributed by atoms with Crippen molar-refractivity contribution >= 4 is 5.97 Å².